The molecule has 2 aliphatic rings. The van der Waals surface area contributed by atoms with Crippen molar-refractivity contribution in [3.63, 3.8) is 0 Å². The van der Waals surface area contributed by atoms with E-state index in [9.17, 15) is 13.2 Å². The van der Waals surface area contributed by atoms with Crippen LogP contribution in [0.4, 0.5) is 13.2 Å². The van der Waals surface area contributed by atoms with Gasteiger partial charge in [0.25, 0.3) is 0 Å². The number of halogens is 3. The summed E-state index contributed by atoms with van der Waals surface area (Å²) in [4.78, 5) is 2.35. The fourth-order valence-electron chi connectivity index (χ4n) is 3.46. The first kappa shape index (κ1) is 13.7. The molecule has 2 heterocycles. The fraction of sp³-hybridized carbons (Fsp3) is 0.500. The molecule has 0 spiro atoms. The van der Waals surface area contributed by atoms with E-state index in [0.717, 1.165) is 24.8 Å². The molecule has 0 aliphatic carbocycles. The van der Waals surface area contributed by atoms with Crippen molar-refractivity contribution in [1.29, 1.82) is 0 Å². The van der Waals surface area contributed by atoms with Crippen LogP contribution in [0.1, 0.15) is 30.4 Å². The number of hydrogen-bond donors (Lipinski definition) is 0. The summed E-state index contributed by atoms with van der Waals surface area (Å²) in [5, 5.41) is 0. The van der Waals surface area contributed by atoms with Gasteiger partial charge < -0.3 is 0 Å². The molecular formula is C16H18F3N. The summed E-state index contributed by atoms with van der Waals surface area (Å²) in [6, 6.07) is 6.86. The number of fused-ring (bicyclic) bond motifs is 2. The fourth-order valence-corrected chi connectivity index (χ4v) is 3.46. The van der Waals surface area contributed by atoms with E-state index < -0.39 is 11.7 Å². The summed E-state index contributed by atoms with van der Waals surface area (Å²) in [5.74, 6) is 0. The van der Waals surface area contributed by atoms with E-state index in [1.54, 1.807) is 12.1 Å². The number of benzene rings is 1. The first-order valence-electron chi connectivity index (χ1n) is 7.02. The lowest BCUT2D eigenvalue weighted by Crippen LogP contribution is -2.35. The van der Waals surface area contributed by atoms with Gasteiger partial charge in [-0.15, -0.1) is 0 Å². The smallest absolute Gasteiger partial charge is 0.297 e. The average Bonchev–Trinajstić information content (AvgIpc) is 2.62. The Kier molecular flexibility index (Phi) is 3.36. The van der Waals surface area contributed by atoms with Gasteiger partial charge >= 0.3 is 6.18 Å². The first-order chi connectivity index (χ1) is 9.45. The van der Waals surface area contributed by atoms with Crippen molar-refractivity contribution in [2.24, 2.45) is 0 Å². The average molecular weight is 281 g/mol. The molecule has 0 saturated carbocycles. The van der Waals surface area contributed by atoms with Crippen LogP contribution in [0.2, 0.25) is 0 Å². The van der Waals surface area contributed by atoms with Crippen LogP contribution >= 0.6 is 0 Å². The summed E-state index contributed by atoms with van der Waals surface area (Å²) >= 11 is 0. The van der Waals surface area contributed by atoms with E-state index >= 15 is 0 Å². The highest BCUT2D eigenvalue weighted by Crippen LogP contribution is 2.37. The van der Waals surface area contributed by atoms with Crippen molar-refractivity contribution in [3.05, 3.63) is 47.0 Å². The molecule has 0 N–H and O–H groups in total. The lowest BCUT2D eigenvalue weighted by molar-refractivity contribution is -0.138. The van der Waals surface area contributed by atoms with Crippen molar-refractivity contribution < 1.29 is 13.2 Å². The monoisotopic (exact) mass is 281 g/mol. The van der Waals surface area contributed by atoms with Crippen LogP contribution in [0.15, 0.2) is 35.9 Å². The maximum absolute atomic E-state index is 13.0. The first-order valence-corrected chi connectivity index (χ1v) is 7.02. The minimum atomic E-state index is -4.26. The zero-order valence-electron chi connectivity index (χ0n) is 11.5. The maximum atomic E-state index is 13.0. The lowest BCUT2D eigenvalue weighted by atomic mass is 9.93. The number of likely N-dealkylation sites (N-methyl/N-ethyl adjacent to an activating group) is 1. The summed E-state index contributed by atoms with van der Waals surface area (Å²) in [7, 11) is 2.11. The molecule has 1 aromatic rings. The number of hydrogen-bond acceptors (Lipinski definition) is 1. The van der Waals surface area contributed by atoms with Crippen LogP contribution in [0.5, 0.6) is 0 Å². The highest BCUT2D eigenvalue weighted by Gasteiger charge is 2.36. The number of nitrogens with zero attached hydrogens (tertiary/aromatic N) is 1. The second-order valence-corrected chi connectivity index (χ2v) is 5.82. The van der Waals surface area contributed by atoms with E-state index in [1.165, 1.54) is 12.1 Å². The Labute approximate surface area is 117 Å². The van der Waals surface area contributed by atoms with Gasteiger partial charge in [0, 0.05) is 12.1 Å². The molecular weight excluding hydrogens is 263 g/mol. The molecule has 2 unspecified atom stereocenters. The quantitative estimate of drug-likeness (QED) is 0.739. The highest BCUT2D eigenvalue weighted by molar-refractivity contribution is 5.34. The molecule has 1 fully saturated rings. The predicted octanol–water partition coefficient (Wildman–Crippen LogP) is 4.04. The topological polar surface area (TPSA) is 3.24 Å². The van der Waals surface area contributed by atoms with Crippen LogP contribution < -0.4 is 0 Å². The molecule has 4 heteroatoms. The van der Waals surface area contributed by atoms with Gasteiger partial charge in [-0.1, -0.05) is 29.8 Å². The van der Waals surface area contributed by atoms with Crippen molar-refractivity contribution in [3.8, 4) is 0 Å². The van der Waals surface area contributed by atoms with Crippen molar-refractivity contribution in [2.45, 2.75) is 43.9 Å². The van der Waals surface area contributed by atoms with Crippen molar-refractivity contribution >= 4 is 0 Å². The Morgan fingerprint density at radius 2 is 1.95 bits per heavy atom. The third kappa shape index (κ3) is 2.49. The zero-order valence-corrected chi connectivity index (χ0v) is 11.5. The molecule has 2 aliphatic heterocycles. The van der Waals surface area contributed by atoms with Crippen molar-refractivity contribution in [1.82, 2.24) is 4.90 Å². The molecule has 2 atom stereocenters. The van der Waals surface area contributed by atoms with Gasteiger partial charge in [0.1, 0.15) is 0 Å². The Morgan fingerprint density at radius 1 is 1.20 bits per heavy atom. The maximum Gasteiger partial charge on any atom is 0.416 e. The normalized spacial score (nSPS) is 26.7. The van der Waals surface area contributed by atoms with Gasteiger partial charge in [0.05, 0.1) is 5.56 Å². The van der Waals surface area contributed by atoms with Gasteiger partial charge in [-0.2, -0.15) is 13.2 Å². The van der Waals surface area contributed by atoms with Crippen LogP contribution in [0.3, 0.4) is 0 Å². The summed E-state index contributed by atoms with van der Waals surface area (Å²) in [5.41, 5.74) is 1.06. The van der Waals surface area contributed by atoms with Crippen LogP contribution in [-0.4, -0.2) is 24.0 Å². The summed E-state index contributed by atoms with van der Waals surface area (Å²) in [6.07, 6.45) is 1.53. The standard InChI is InChI=1S/C16H18F3N/c1-20-13-6-7-14(20)10-11(9-13)8-12-4-2-3-5-15(12)16(17,18)19/h2-5,9,13-14H,6-8,10H2,1H3. The molecule has 0 radical (unpaired) electrons. The number of rotatable bonds is 2. The summed E-state index contributed by atoms with van der Waals surface area (Å²) < 4.78 is 39.0. The van der Waals surface area contributed by atoms with E-state index in [2.05, 4.69) is 18.0 Å². The largest absolute Gasteiger partial charge is 0.416 e. The van der Waals surface area contributed by atoms with Gasteiger partial charge in [0.2, 0.25) is 0 Å². The SMILES string of the molecule is CN1C2C=C(Cc3ccccc3C(F)(F)F)CC1CC2. The van der Waals surface area contributed by atoms with Crippen LogP contribution in [0, 0.1) is 0 Å². The van der Waals surface area contributed by atoms with Gasteiger partial charge in [-0.25, -0.2) is 0 Å². The Hall–Kier alpha value is -1.29. The van der Waals surface area contributed by atoms with Crippen LogP contribution in [-0.2, 0) is 12.6 Å². The summed E-state index contributed by atoms with van der Waals surface area (Å²) in [6.45, 7) is 0. The molecule has 1 saturated heterocycles. The minimum Gasteiger partial charge on any atom is -0.297 e. The third-order valence-corrected chi connectivity index (χ3v) is 4.56. The second kappa shape index (κ2) is 4.92. The van der Waals surface area contributed by atoms with E-state index in [4.69, 9.17) is 0 Å². The molecule has 1 nitrogen and oxygen atoms in total. The second-order valence-electron chi connectivity index (χ2n) is 5.82. The Morgan fingerprint density at radius 3 is 2.65 bits per heavy atom. The Balaban J connectivity index is 1.85. The molecule has 3 rings (SSSR count). The molecule has 1 aromatic carbocycles. The molecule has 2 bridgehead atoms. The van der Waals surface area contributed by atoms with E-state index in [1.807, 2.05) is 0 Å². The minimum absolute atomic E-state index is 0.398. The predicted molar refractivity (Wildman–Crippen MR) is 72.4 cm³/mol. The lowest BCUT2D eigenvalue weighted by Gasteiger charge is -2.30. The third-order valence-electron chi connectivity index (χ3n) is 4.56. The highest BCUT2D eigenvalue weighted by atomic mass is 19.4. The van der Waals surface area contributed by atoms with Gasteiger partial charge in [0.15, 0.2) is 0 Å². The van der Waals surface area contributed by atoms with E-state index in [0.29, 0.717) is 24.1 Å². The molecule has 0 amide bonds. The molecule has 108 valence electrons. The zero-order chi connectivity index (χ0) is 14.3. The van der Waals surface area contributed by atoms with Crippen molar-refractivity contribution in [2.75, 3.05) is 7.05 Å². The molecule has 0 aromatic heterocycles. The number of alkyl halides is 3. The van der Waals surface area contributed by atoms with Crippen LogP contribution in [0.25, 0.3) is 0 Å². The van der Waals surface area contributed by atoms with E-state index in [-0.39, 0.29) is 0 Å². The van der Waals surface area contributed by atoms with Gasteiger partial charge in [-0.05, 0) is 44.4 Å². The van der Waals surface area contributed by atoms with Gasteiger partial charge in [-0.3, -0.25) is 4.90 Å². The Bertz CT molecular complexity index is 533. The molecule has 20 heavy (non-hydrogen) atoms.